The van der Waals surface area contributed by atoms with Crippen molar-refractivity contribution in [2.24, 2.45) is 0 Å². The average molecular weight is 1430 g/mol. The fraction of sp³-hybridized carbons (Fsp3) is 0. The predicted octanol–water partition coefficient (Wildman–Crippen LogP) is 28.1. The zero-order valence-electron chi connectivity index (χ0n) is 60.0. The minimum atomic E-state index is 0.665. The lowest BCUT2D eigenvalue weighted by Crippen LogP contribution is -2.20. The topological polar surface area (TPSA) is 63.1 Å². The third kappa shape index (κ3) is 8.85. The molecule has 4 aliphatic heterocycles. The first-order chi connectivity index (χ1) is 55.5. The molecular weight excluding hydrogens is 1370 g/mol. The number of hydrogen-bond acceptors (Lipinski definition) is 6. The van der Waals surface area contributed by atoms with E-state index in [1.165, 1.54) is 54.5 Å². The molecule has 4 aliphatic rings. The van der Waals surface area contributed by atoms with E-state index < -0.39 is 0 Å². The van der Waals surface area contributed by atoms with E-state index in [9.17, 15) is 0 Å². The van der Waals surface area contributed by atoms with Gasteiger partial charge in [0.1, 0.15) is 11.4 Å². The van der Waals surface area contributed by atoms with Crippen molar-refractivity contribution in [2.45, 2.75) is 0 Å². The maximum absolute atomic E-state index is 7.25. The Labute approximate surface area is 641 Å². The van der Waals surface area contributed by atoms with Gasteiger partial charge in [0.2, 0.25) is 0 Å². The third-order valence-corrected chi connectivity index (χ3v) is 23.4. The molecule has 4 aromatic heterocycles. The van der Waals surface area contributed by atoms with E-state index in [1.54, 1.807) is 0 Å². The van der Waals surface area contributed by atoms with Gasteiger partial charge in [0.25, 0.3) is 0 Å². The fourth-order valence-corrected chi connectivity index (χ4v) is 18.5. The minimum Gasteiger partial charge on any atom is -0.453 e. The molecule has 0 bridgehead atoms. The number of aromatic nitrogens is 4. The zero-order chi connectivity index (χ0) is 73.0. The van der Waals surface area contributed by atoms with Crippen molar-refractivity contribution >= 4 is 121 Å². The van der Waals surface area contributed by atoms with Crippen LogP contribution in [-0.2, 0) is 0 Å². The van der Waals surface area contributed by atoms with Gasteiger partial charge in [-0.1, -0.05) is 164 Å². The van der Waals surface area contributed by atoms with Gasteiger partial charge in [-0.05, 0) is 239 Å². The summed E-state index contributed by atoms with van der Waals surface area (Å²) >= 11 is 0. The van der Waals surface area contributed by atoms with Crippen LogP contribution >= 0.6 is 0 Å². The molecule has 21 aromatic rings. The minimum absolute atomic E-state index is 0.665. The highest BCUT2D eigenvalue weighted by molar-refractivity contribution is 6.17. The first-order valence-electron chi connectivity index (χ1n) is 38.0. The Bertz CT molecular complexity index is 7590. The largest absolute Gasteiger partial charge is 0.453 e. The van der Waals surface area contributed by atoms with Crippen LogP contribution in [0.5, 0.6) is 46.0 Å². The highest BCUT2D eigenvalue weighted by Gasteiger charge is 2.39. The second-order valence-electron chi connectivity index (χ2n) is 29.6. The fourth-order valence-electron chi connectivity index (χ4n) is 18.5. The van der Waals surface area contributed by atoms with Crippen LogP contribution in [0.25, 0.3) is 154 Å². The second-order valence-corrected chi connectivity index (χ2v) is 29.6. The van der Waals surface area contributed by atoms with Gasteiger partial charge < -0.3 is 37.2 Å². The van der Waals surface area contributed by atoms with Gasteiger partial charge in [0, 0.05) is 66.2 Å². The first-order valence-corrected chi connectivity index (χ1v) is 38.0. The maximum atomic E-state index is 7.25. The Hall–Kier alpha value is -15.3. The van der Waals surface area contributed by atoms with E-state index >= 15 is 0 Å². The summed E-state index contributed by atoms with van der Waals surface area (Å²) < 4.78 is 37.2. The Kier molecular flexibility index (Phi) is 12.6. The Morgan fingerprint density at radius 2 is 0.411 bits per heavy atom. The van der Waals surface area contributed by atoms with Crippen molar-refractivity contribution in [2.75, 3.05) is 9.80 Å². The smallest absolute Gasteiger partial charge is 0.156 e. The SMILES string of the molecule is c1ccc(-n2c3ccccc3c3cc(-c4ccc5c(c4)c4cc(-c6ccc7c(c6)c6cc(-c8ccc9c(c8)c8ccccc8n9-c8ccc9c(c8)Oc8cc(-c%10cc%11c%12c(c%10)Oc%10ccccc%10N%12c%10ccccc%10O%11)cc%10c8N9c8ccccc8O%10)ccc6n7-c6ccccc6)ccc4n5-c4ccccc4)ccc32)cc1. The van der Waals surface area contributed by atoms with Gasteiger partial charge in [-0.3, -0.25) is 9.80 Å². The Morgan fingerprint density at radius 3 is 0.750 bits per heavy atom. The van der Waals surface area contributed by atoms with Crippen LogP contribution in [0.15, 0.2) is 364 Å². The summed E-state index contributed by atoms with van der Waals surface area (Å²) in [5.41, 5.74) is 27.7. The lowest BCUT2D eigenvalue weighted by molar-refractivity contribution is 0.444. The summed E-state index contributed by atoms with van der Waals surface area (Å²) in [7, 11) is 0. The molecule has 0 atom stereocenters. The lowest BCUT2D eigenvalue weighted by atomic mass is 9.98. The number of para-hydroxylation sites is 11. The summed E-state index contributed by atoms with van der Waals surface area (Å²) in [4.78, 5) is 4.53. The third-order valence-electron chi connectivity index (χ3n) is 23.4. The monoisotopic (exact) mass is 1430 g/mol. The molecule has 25 rings (SSSR count). The number of nitrogens with zero attached hydrogens (tertiary/aromatic N) is 6. The van der Waals surface area contributed by atoms with Crippen LogP contribution < -0.4 is 28.7 Å². The van der Waals surface area contributed by atoms with Crippen LogP contribution in [0.3, 0.4) is 0 Å². The molecule has 10 nitrogen and oxygen atoms in total. The molecule has 522 valence electrons. The van der Waals surface area contributed by atoms with E-state index in [-0.39, 0.29) is 0 Å². The standard InChI is InChI=1S/C102H60N6O4/c1-4-20-69(21-5-1)103-81-28-12-10-26-73(81)75-50-61(36-43-83(75)103)63-38-45-85-77(52-63)79-54-65(40-47-87(79)104(85)70-22-6-2-7-23-70)66-41-48-88-80(55-66)78-53-64(39-46-86(78)105(88)71-24-8-3-9-25-71)62-37-44-84-76(51-62)74-27-11-13-29-82(74)106(84)72-42-49-92-96(60-72)112-100-59-68(58-99-102(100)108(92)91-32-16-19-35-95(91)111-99)67-56-97-101-98(57-67)110-94-34-18-15-31-90(94)107(101)89-30-14-17-33-93(89)109-97/h1-60H. The predicted molar refractivity (Wildman–Crippen MR) is 455 cm³/mol. The highest BCUT2D eigenvalue weighted by atomic mass is 16.5. The summed E-state index contributed by atoms with van der Waals surface area (Å²) in [5.74, 6) is 5.73. The maximum Gasteiger partial charge on any atom is 0.156 e. The number of fused-ring (bicyclic) bond motifs is 20. The summed E-state index contributed by atoms with van der Waals surface area (Å²) in [6.07, 6.45) is 0. The Morgan fingerprint density at radius 1 is 0.152 bits per heavy atom. The van der Waals surface area contributed by atoms with E-state index in [0.717, 1.165) is 157 Å². The lowest BCUT2D eigenvalue weighted by Gasteiger charge is -2.39. The van der Waals surface area contributed by atoms with Gasteiger partial charge in [0.05, 0.1) is 72.6 Å². The molecule has 0 unspecified atom stereocenters. The number of rotatable bonds is 8. The zero-order valence-corrected chi connectivity index (χ0v) is 60.0. The molecule has 0 radical (unpaired) electrons. The van der Waals surface area contributed by atoms with Gasteiger partial charge in [-0.15, -0.1) is 0 Å². The van der Waals surface area contributed by atoms with Crippen molar-refractivity contribution in [3.05, 3.63) is 364 Å². The normalized spacial score (nSPS) is 12.9. The van der Waals surface area contributed by atoms with Crippen molar-refractivity contribution in [1.82, 2.24) is 18.3 Å². The molecule has 10 heteroatoms. The van der Waals surface area contributed by atoms with Crippen LogP contribution in [0.4, 0.5) is 34.1 Å². The van der Waals surface area contributed by atoms with E-state index in [4.69, 9.17) is 18.9 Å². The number of benzene rings is 17. The van der Waals surface area contributed by atoms with Crippen LogP contribution in [0.1, 0.15) is 0 Å². The molecule has 0 N–H and O–H groups in total. The summed E-state index contributed by atoms with van der Waals surface area (Å²) in [6, 6.07) is 131. The van der Waals surface area contributed by atoms with Crippen molar-refractivity contribution in [3.8, 4) is 113 Å². The molecule has 0 aliphatic carbocycles. The molecule has 17 aromatic carbocycles. The van der Waals surface area contributed by atoms with E-state index in [2.05, 4.69) is 344 Å². The molecule has 112 heavy (non-hydrogen) atoms. The van der Waals surface area contributed by atoms with Crippen molar-refractivity contribution in [3.63, 3.8) is 0 Å². The number of hydrogen-bond donors (Lipinski definition) is 0. The van der Waals surface area contributed by atoms with Gasteiger partial charge in [-0.2, -0.15) is 0 Å². The average Bonchev–Trinajstić information content (AvgIpc) is 0.819. The van der Waals surface area contributed by atoms with Crippen LogP contribution in [-0.4, -0.2) is 18.3 Å². The van der Waals surface area contributed by atoms with Gasteiger partial charge >= 0.3 is 0 Å². The van der Waals surface area contributed by atoms with Crippen LogP contribution in [0.2, 0.25) is 0 Å². The van der Waals surface area contributed by atoms with Crippen molar-refractivity contribution < 1.29 is 18.9 Å². The number of anilines is 6. The van der Waals surface area contributed by atoms with Gasteiger partial charge in [0.15, 0.2) is 46.0 Å². The molecule has 0 fully saturated rings. The quantitative estimate of drug-likeness (QED) is 0.151. The van der Waals surface area contributed by atoms with Crippen LogP contribution in [0, 0.1) is 0 Å². The molecular formula is C102H60N6O4. The molecule has 0 amide bonds. The second kappa shape index (κ2) is 23.1. The van der Waals surface area contributed by atoms with E-state index in [0.29, 0.717) is 23.0 Å². The first kappa shape index (κ1) is 60.8. The van der Waals surface area contributed by atoms with Crippen molar-refractivity contribution in [1.29, 1.82) is 0 Å². The number of ether oxygens (including phenoxy) is 4. The molecule has 0 saturated heterocycles. The molecule has 0 spiro atoms. The highest BCUT2D eigenvalue weighted by Crippen LogP contribution is 2.64. The summed E-state index contributed by atoms with van der Waals surface area (Å²) in [6.45, 7) is 0. The molecule has 0 saturated carbocycles. The van der Waals surface area contributed by atoms with Gasteiger partial charge in [-0.25, -0.2) is 0 Å². The van der Waals surface area contributed by atoms with E-state index in [1.807, 2.05) is 48.5 Å². The summed E-state index contributed by atoms with van der Waals surface area (Å²) in [5, 5.41) is 9.53. The molecule has 8 heterocycles. The Balaban J connectivity index is 0.595.